The van der Waals surface area contributed by atoms with Crippen LogP contribution in [-0.4, -0.2) is 32.0 Å². The van der Waals surface area contributed by atoms with E-state index in [0.717, 1.165) is 12.2 Å². The standard InChI is InChI=1S/C8H10N4O8/c13-9(14)7(10(15)16)5-3-1-2-4-6-8(11(17)18)12(19)20/h1-4,7-8H,5-6H2. The zero-order chi connectivity index (χ0) is 15.7. The Morgan fingerprint density at radius 2 is 0.900 bits per heavy atom. The van der Waals surface area contributed by atoms with Crippen LogP contribution in [0.1, 0.15) is 12.8 Å². The molecular weight excluding hydrogens is 280 g/mol. The average Bonchev–Trinajstić information content (AvgIpc) is 2.30. The number of hydrogen-bond donors (Lipinski definition) is 0. The van der Waals surface area contributed by atoms with Gasteiger partial charge in [-0.05, 0) is 0 Å². The quantitative estimate of drug-likeness (QED) is 0.257. The SMILES string of the molecule is O=[N+]([O-])C(CC=CC=CCC([N+](=O)[O-])[N+](=O)[O-])[N+](=O)[O-]. The van der Waals surface area contributed by atoms with Crippen molar-refractivity contribution in [1.82, 2.24) is 0 Å². The molecule has 110 valence electrons. The van der Waals surface area contributed by atoms with E-state index >= 15 is 0 Å². The minimum Gasteiger partial charge on any atom is -0.259 e. The van der Waals surface area contributed by atoms with Gasteiger partial charge in [-0.3, -0.25) is 40.5 Å². The minimum absolute atomic E-state index is 0.460. The van der Waals surface area contributed by atoms with E-state index in [0.29, 0.717) is 0 Å². The number of rotatable bonds is 9. The molecule has 20 heavy (non-hydrogen) atoms. The van der Waals surface area contributed by atoms with Crippen LogP contribution in [0.15, 0.2) is 24.3 Å². The summed E-state index contributed by atoms with van der Waals surface area (Å²) in [5.41, 5.74) is 0. The highest BCUT2D eigenvalue weighted by Gasteiger charge is 2.30. The smallest absolute Gasteiger partial charge is 0.259 e. The Morgan fingerprint density at radius 1 is 0.650 bits per heavy atom. The van der Waals surface area contributed by atoms with E-state index in [1.807, 2.05) is 0 Å². The minimum atomic E-state index is -1.97. The largest absolute Gasteiger partial charge is 0.454 e. The van der Waals surface area contributed by atoms with Gasteiger partial charge < -0.3 is 0 Å². The predicted molar refractivity (Wildman–Crippen MR) is 63.1 cm³/mol. The molecule has 0 saturated heterocycles. The number of nitrogens with zero attached hydrogens (tertiary/aromatic N) is 4. The molecule has 0 saturated carbocycles. The van der Waals surface area contributed by atoms with Crippen molar-refractivity contribution in [1.29, 1.82) is 0 Å². The van der Waals surface area contributed by atoms with Crippen LogP contribution in [0.2, 0.25) is 0 Å². The maximum absolute atomic E-state index is 10.3. The summed E-state index contributed by atoms with van der Waals surface area (Å²) in [6.45, 7) is 0. The summed E-state index contributed by atoms with van der Waals surface area (Å²) < 4.78 is 0. The second kappa shape index (κ2) is 8.23. The molecule has 0 aromatic rings. The molecule has 0 spiro atoms. The van der Waals surface area contributed by atoms with Gasteiger partial charge in [0, 0.05) is 0 Å². The van der Waals surface area contributed by atoms with Gasteiger partial charge in [0.2, 0.25) is 0 Å². The molecule has 0 aromatic heterocycles. The summed E-state index contributed by atoms with van der Waals surface area (Å²) in [7, 11) is 0. The molecule has 0 aromatic carbocycles. The van der Waals surface area contributed by atoms with E-state index < -0.39 is 44.9 Å². The Morgan fingerprint density at radius 3 is 1.10 bits per heavy atom. The predicted octanol–water partition coefficient (Wildman–Crippen LogP) is 0.638. The molecule has 0 radical (unpaired) electrons. The zero-order valence-electron chi connectivity index (χ0n) is 9.93. The molecule has 12 heteroatoms. The van der Waals surface area contributed by atoms with Crippen LogP contribution >= 0.6 is 0 Å². The summed E-state index contributed by atoms with van der Waals surface area (Å²) in [5, 5.41) is 41.0. The van der Waals surface area contributed by atoms with Crippen LogP contribution in [0.3, 0.4) is 0 Å². The van der Waals surface area contributed by atoms with E-state index in [1.54, 1.807) is 0 Å². The molecule has 0 bridgehead atoms. The number of allylic oxidation sites excluding steroid dienone is 2. The summed E-state index contributed by atoms with van der Waals surface area (Å²) >= 11 is 0. The molecule has 0 amide bonds. The summed E-state index contributed by atoms with van der Waals surface area (Å²) in [6, 6.07) is 0. The second-order valence-electron chi connectivity index (χ2n) is 3.43. The first-order chi connectivity index (χ1) is 9.27. The van der Waals surface area contributed by atoms with E-state index in [-0.39, 0.29) is 0 Å². The van der Waals surface area contributed by atoms with E-state index in [4.69, 9.17) is 0 Å². The first-order valence-electron chi connectivity index (χ1n) is 5.13. The topological polar surface area (TPSA) is 173 Å². The first-order valence-corrected chi connectivity index (χ1v) is 5.13. The maximum Gasteiger partial charge on any atom is 0.454 e. The van der Waals surface area contributed by atoms with Gasteiger partial charge >= 0.3 is 12.3 Å². The molecule has 0 aliphatic rings. The fourth-order valence-corrected chi connectivity index (χ4v) is 1.06. The first kappa shape index (κ1) is 17.1. The molecule has 0 aliphatic carbocycles. The van der Waals surface area contributed by atoms with Gasteiger partial charge in [-0.15, -0.1) is 0 Å². The summed E-state index contributed by atoms with van der Waals surface area (Å²) in [6.07, 6.45) is -0.222. The van der Waals surface area contributed by atoms with Crippen LogP contribution in [0, 0.1) is 40.5 Å². The molecule has 0 atom stereocenters. The molecule has 0 unspecified atom stereocenters. The lowest BCUT2D eigenvalue weighted by Crippen LogP contribution is -2.27. The van der Waals surface area contributed by atoms with Crippen molar-refractivity contribution in [3.8, 4) is 0 Å². The lowest BCUT2D eigenvalue weighted by atomic mass is 10.3. The lowest BCUT2D eigenvalue weighted by Gasteiger charge is -1.97. The van der Waals surface area contributed by atoms with Crippen molar-refractivity contribution < 1.29 is 19.7 Å². The van der Waals surface area contributed by atoms with Crippen molar-refractivity contribution >= 4 is 0 Å². The molecule has 0 N–H and O–H groups in total. The van der Waals surface area contributed by atoms with Gasteiger partial charge in [0.15, 0.2) is 0 Å². The van der Waals surface area contributed by atoms with E-state index in [1.165, 1.54) is 12.2 Å². The second-order valence-corrected chi connectivity index (χ2v) is 3.43. The van der Waals surface area contributed by atoms with Crippen LogP contribution in [0.25, 0.3) is 0 Å². The van der Waals surface area contributed by atoms with Crippen molar-refractivity contribution in [3.05, 3.63) is 64.8 Å². The van der Waals surface area contributed by atoms with Crippen LogP contribution in [0.4, 0.5) is 0 Å². The van der Waals surface area contributed by atoms with E-state index in [9.17, 15) is 40.5 Å². The fourth-order valence-electron chi connectivity index (χ4n) is 1.06. The molecule has 0 aliphatic heterocycles. The maximum atomic E-state index is 10.3. The van der Waals surface area contributed by atoms with Gasteiger partial charge in [-0.25, -0.2) is 0 Å². The van der Waals surface area contributed by atoms with Crippen molar-refractivity contribution in [2.45, 2.75) is 25.2 Å². The Bertz CT molecular complexity index is 389. The molecular formula is C8H10N4O8. The molecule has 0 rings (SSSR count). The van der Waals surface area contributed by atoms with E-state index in [2.05, 4.69) is 0 Å². The third-order valence-corrected chi connectivity index (χ3v) is 2.05. The van der Waals surface area contributed by atoms with Gasteiger partial charge in [0.1, 0.15) is 12.8 Å². The van der Waals surface area contributed by atoms with Crippen LogP contribution in [-0.2, 0) is 0 Å². The third kappa shape index (κ3) is 6.13. The highest BCUT2D eigenvalue weighted by molar-refractivity contribution is 5.02. The third-order valence-electron chi connectivity index (χ3n) is 2.05. The van der Waals surface area contributed by atoms with Gasteiger partial charge in [0.25, 0.3) is 0 Å². The van der Waals surface area contributed by atoms with Crippen molar-refractivity contribution in [2.75, 3.05) is 0 Å². The highest BCUT2D eigenvalue weighted by Crippen LogP contribution is 2.02. The highest BCUT2D eigenvalue weighted by atomic mass is 16.7. The van der Waals surface area contributed by atoms with Crippen LogP contribution in [0.5, 0.6) is 0 Å². The number of hydrogen-bond acceptors (Lipinski definition) is 8. The van der Waals surface area contributed by atoms with Gasteiger partial charge in [-0.1, -0.05) is 24.3 Å². The molecule has 0 fully saturated rings. The van der Waals surface area contributed by atoms with Crippen LogP contribution < -0.4 is 0 Å². The fraction of sp³-hybridized carbons (Fsp3) is 0.500. The summed E-state index contributed by atoms with van der Waals surface area (Å²) in [4.78, 5) is 36.8. The van der Waals surface area contributed by atoms with Gasteiger partial charge in [-0.2, -0.15) is 0 Å². The normalized spacial score (nSPS) is 11.5. The lowest BCUT2D eigenvalue weighted by molar-refractivity contribution is -0.741. The summed E-state index contributed by atoms with van der Waals surface area (Å²) in [5.74, 6) is 0. The van der Waals surface area contributed by atoms with Crippen molar-refractivity contribution in [3.63, 3.8) is 0 Å². The molecule has 12 nitrogen and oxygen atoms in total. The monoisotopic (exact) mass is 290 g/mol. The average molecular weight is 290 g/mol. The number of nitro groups is 4. The zero-order valence-corrected chi connectivity index (χ0v) is 9.93. The Labute approximate surface area is 111 Å². The van der Waals surface area contributed by atoms with Gasteiger partial charge in [0.05, 0.1) is 19.7 Å². The Kier molecular flexibility index (Phi) is 7.03. The molecule has 0 heterocycles. The Hall–Kier alpha value is -2.92. The van der Waals surface area contributed by atoms with Crippen molar-refractivity contribution in [2.24, 2.45) is 0 Å². The Balaban J connectivity index is 4.34.